The van der Waals surface area contributed by atoms with Crippen molar-refractivity contribution >= 4 is 11.1 Å². The second-order valence-corrected chi connectivity index (χ2v) is 4.81. The molecule has 1 aliphatic carbocycles. The minimum absolute atomic E-state index is 0.276. The van der Waals surface area contributed by atoms with E-state index in [9.17, 15) is 4.21 Å². The number of rotatable bonds is 3. The highest BCUT2D eigenvalue weighted by molar-refractivity contribution is 7.78. The van der Waals surface area contributed by atoms with Gasteiger partial charge in [-0.05, 0) is 42.4 Å². The lowest BCUT2D eigenvalue weighted by Gasteiger charge is -2.09. The summed E-state index contributed by atoms with van der Waals surface area (Å²) in [7, 11) is 0. The zero-order chi connectivity index (χ0) is 10.1. The third-order valence-electron chi connectivity index (χ3n) is 2.73. The molecular formula is C11H14O2S. The third kappa shape index (κ3) is 2.04. The zero-order valence-corrected chi connectivity index (χ0v) is 9.01. The van der Waals surface area contributed by atoms with Crippen molar-refractivity contribution in [2.75, 3.05) is 0 Å². The standard InChI is InChI=1S/C11H14O2S/c1-8-3-2-4-10(9-5-6-9)11(8)7-14(12)13/h2-4,9H,5-7H2,1H3,(H,12,13). The highest BCUT2D eigenvalue weighted by Gasteiger charge is 2.26. The van der Waals surface area contributed by atoms with Crippen molar-refractivity contribution in [2.24, 2.45) is 0 Å². The molecule has 1 aromatic carbocycles. The average molecular weight is 210 g/mol. The summed E-state index contributed by atoms with van der Waals surface area (Å²) in [6, 6.07) is 6.13. The van der Waals surface area contributed by atoms with Crippen molar-refractivity contribution in [3.05, 3.63) is 34.9 Å². The normalized spacial score (nSPS) is 18.1. The molecule has 1 N–H and O–H groups in total. The van der Waals surface area contributed by atoms with Crippen LogP contribution in [0.25, 0.3) is 0 Å². The van der Waals surface area contributed by atoms with Gasteiger partial charge in [0.05, 0.1) is 5.75 Å². The Morgan fingerprint density at radius 1 is 1.50 bits per heavy atom. The maximum atomic E-state index is 10.8. The first-order chi connectivity index (χ1) is 6.68. The smallest absolute Gasteiger partial charge is 0.157 e. The fraction of sp³-hybridized carbons (Fsp3) is 0.455. The molecule has 3 heteroatoms. The molecule has 0 amide bonds. The van der Waals surface area contributed by atoms with E-state index in [1.807, 2.05) is 19.1 Å². The van der Waals surface area contributed by atoms with Crippen molar-refractivity contribution in [2.45, 2.75) is 31.4 Å². The van der Waals surface area contributed by atoms with Crippen LogP contribution >= 0.6 is 0 Å². The maximum absolute atomic E-state index is 10.8. The van der Waals surface area contributed by atoms with Crippen LogP contribution in [0.1, 0.15) is 35.4 Å². The Kier molecular flexibility index (Phi) is 2.70. The van der Waals surface area contributed by atoms with Crippen LogP contribution in [0.4, 0.5) is 0 Å². The van der Waals surface area contributed by atoms with E-state index in [1.165, 1.54) is 18.4 Å². The number of aryl methyl sites for hydroxylation is 1. The van der Waals surface area contributed by atoms with Crippen molar-refractivity contribution in [1.82, 2.24) is 0 Å². The van der Waals surface area contributed by atoms with Crippen LogP contribution in [0.3, 0.4) is 0 Å². The van der Waals surface area contributed by atoms with Gasteiger partial charge in [-0.1, -0.05) is 18.2 Å². The monoisotopic (exact) mass is 210 g/mol. The molecule has 2 nitrogen and oxygen atoms in total. The largest absolute Gasteiger partial charge is 0.306 e. The lowest BCUT2D eigenvalue weighted by Crippen LogP contribution is -2.00. The third-order valence-corrected chi connectivity index (χ3v) is 3.27. The summed E-state index contributed by atoms with van der Waals surface area (Å²) in [6.45, 7) is 2.01. The van der Waals surface area contributed by atoms with Gasteiger partial charge in [-0.3, -0.25) is 0 Å². The van der Waals surface area contributed by atoms with Crippen LogP contribution in [0, 0.1) is 6.92 Å². The first-order valence-corrected chi connectivity index (χ1v) is 6.12. The van der Waals surface area contributed by atoms with Gasteiger partial charge < -0.3 is 4.55 Å². The summed E-state index contributed by atoms with van der Waals surface area (Å²) in [4.78, 5) is 0. The van der Waals surface area contributed by atoms with Crippen LogP contribution < -0.4 is 0 Å². The molecule has 1 atom stereocenters. The lowest BCUT2D eigenvalue weighted by atomic mass is 10.00. The molecule has 14 heavy (non-hydrogen) atoms. The van der Waals surface area contributed by atoms with E-state index in [4.69, 9.17) is 4.55 Å². The Bertz CT molecular complexity index is 370. The van der Waals surface area contributed by atoms with Crippen LogP contribution in [-0.2, 0) is 16.8 Å². The highest BCUT2D eigenvalue weighted by Crippen LogP contribution is 2.42. The van der Waals surface area contributed by atoms with E-state index >= 15 is 0 Å². The molecule has 1 saturated carbocycles. The summed E-state index contributed by atoms with van der Waals surface area (Å²) in [5, 5.41) is 0. The zero-order valence-electron chi connectivity index (χ0n) is 8.19. The Hall–Kier alpha value is -0.670. The van der Waals surface area contributed by atoms with Gasteiger partial charge >= 0.3 is 0 Å². The van der Waals surface area contributed by atoms with Gasteiger partial charge in [-0.25, -0.2) is 4.21 Å². The fourth-order valence-electron chi connectivity index (χ4n) is 1.82. The van der Waals surface area contributed by atoms with Crippen LogP contribution in [0.5, 0.6) is 0 Å². The van der Waals surface area contributed by atoms with Crippen molar-refractivity contribution in [1.29, 1.82) is 0 Å². The van der Waals surface area contributed by atoms with E-state index in [-0.39, 0.29) is 5.75 Å². The molecule has 0 radical (unpaired) electrons. The summed E-state index contributed by atoms with van der Waals surface area (Å²) in [6.07, 6.45) is 2.46. The number of benzene rings is 1. The molecule has 1 aliphatic rings. The molecule has 0 saturated heterocycles. The first-order valence-electron chi connectivity index (χ1n) is 4.84. The Morgan fingerprint density at radius 2 is 2.21 bits per heavy atom. The van der Waals surface area contributed by atoms with Gasteiger partial charge in [-0.2, -0.15) is 0 Å². The molecule has 0 aromatic heterocycles. The maximum Gasteiger partial charge on any atom is 0.157 e. The van der Waals surface area contributed by atoms with E-state index in [2.05, 4.69) is 6.07 Å². The highest BCUT2D eigenvalue weighted by atomic mass is 32.2. The minimum atomic E-state index is -1.73. The van der Waals surface area contributed by atoms with Crippen LogP contribution in [0.2, 0.25) is 0 Å². The predicted octanol–water partition coefficient (Wildman–Crippen LogP) is 2.59. The fourth-order valence-corrected chi connectivity index (χ4v) is 2.46. The van der Waals surface area contributed by atoms with Gasteiger partial charge in [0.1, 0.15) is 0 Å². The van der Waals surface area contributed by atoms with E-state index < -0.39 is 11.1 Å². The first kappa shape index (κ1) is 9.87. The number of hydrogen-bond donors (Lipinski definition) is 1. The SMILES string of the molecule is Cc1cccc(C2CC2)c1CS(=O)O. The molecule has 0 spiro atoms. The summed E-state index contributed by atoms with van der Waals surface area (Å²) in [5.74, 6) is 0.923. The van der Waals surface area contributed by atoms with Gasteiger partial charge in [-0.15, -0.1) is 0 Å². The van der Waals surface area contributed by atoms with Gasteiger partial charge in [0, 0.05) is 0 Å². The van der Waals surface area contributed by atoms with Crippen molar-refractivity contribution in [3.63, 3.8) is 0 Å². The molecule has 1 fully saturated rings. The molecule has 76 valence electrons. The van der Waals surface area contributed by atoms with E-state index in [1.54, 1.807) is 0 Å². The van der Waals surface area contributed by atoms with Gasteiger partial charge in [0.15, 0.2) is 11.1 Å². The second kappa shape index (κ2) is 3.83. The number of hydrogen-bond acceptors (Lipinski definition) is 1. The predicted molar refractivity (Wildman–Crippen MR) is 57.6 cm³/mol. The topological polar surface area (TPSA) is 37.3 Å². The molecule has 1 aromatic rings. The average Bonchev–Trinajstić information content (AvgIpc) is 2.90. The van der Waals surface area contributed by atoms with Gasteiger partial charge in [0.2, 0.25) is 0 Å². The molecular weight excluding hydrogens is 196 g/mol. The molecule has 1 unspecified atom stereocenters. The molecule has 0 aliphatic heterocycles. The lowest BCUT2D eigenvalue weighted by molar-refractivity contribution is 0.563. The Labute approximate surface area is 86.6 Å². The van der Waals surface area contributed by atoms with Gasteiger partial charge in [0.25, 0.3) is 0 Å². The quantitative estimate of drug-likeness (QED) is 0.779. The Morgan fingerprint density at radius 3 is 2.79 bits per heavy atom. The molecule has 0 bridgehead atoms. The molecule has 0 heterocycles. The van der Waals surface area contributed by atoms with Crippen LogP contribution in [-0.4, -0.2) is 8.76 Å². The summed E-state index contributed by atoms with van der Waals surface area (Å²) in [5.41, 5.74) is 3.50. The van der Waals surface area contributed by atoms with Crippen LogP contribution in [0.15, 0.2) is 18.2 Å². The van der Waals surface area contributed by atoms with E-state index in [0.717, 1.165) is 11.1 Å². The minimum Gasteiger partial charge on any atom is -0.306 e. The van der Waals surface area contributed by atoms with Crippen molar-refractivity contribution in [3.8, 4) is 0 Å². The summed E-state index contributed by atoms with van der Waals surface area (Å²) >= 11 is -1.73. The summed E-state index contributed by atoms with van der Waals surface area (Å²) < 4.78 is 19.8. The molecule has 2 rings (SSSR count). The van der Waals surface area contributed by atoms with Crippen molar-refractivity contribution < 1.29 is 8.76 Å². The van der Waals surface area contributed by atoms with E-state index in [0.29, 0.717) is 5.92 Å². The Balaban J connectivity index is 2.37. The second-order valence-electron chi connectivity index (χ2n) is 3.88.